The van der Waals surface area contributed by atoms with Crippen molar-refractivity contribution < 1.29 is 19.4 Å². The van der Waals surface area contributed by atoms with Gasteiger partial charge in [-0.3, -0.25) is 9.59 Å². The van der Waals surface area contributed by atoms with Crippen molar-refractivity contribution in [3.63, 3.8) is 0 Å². The van der Waals surface area contributed by atoms with Crippen LogP contribution in [0.1, 0.15) is 12.8 Å². The standard InChI is InChI=1S/C9H18N2O4/c1-15-7-9(14)11-5-3-2-4-10-8(13)6-12/h12H,2-7H2,1H3,(H,10,13)(H,11,14). The minimum absolute atomic E-state index is 0.0707. The molecule has 0 heterocycles. The van der Waals surface area contributed by atoms with Crippen molar-refractivity contribution in [2.45, 2.75) is 12.8 Å². The van der Waals surface area contributed by atoms with Crippen molar-refractivity contribution in [1.29, 1.82) is 0 Å². The normalized spacial score (nSPS) is 9.73. The molecule has 15 heavy (non-hydrogen) atoms. The van der Waals surface area contributed by atoms with Gasteiger partial charge in [-0.1, -0.05) is 0 Å². The van der Waals surface area contributed by atoms with Gasteiger partial charge < -0.3 is 20.5 Å². The Labute approximate surface area is 89.0 Å². The van der Waals surface area contributed by atoms with Crippen molar-refractivity contribution >= 4 is 11.8 Å². The Hall–Kier alpha value is -1.14. The number of unbranched alkanes of at least 4 members (excludes halogenated alkanes) is 1. The number of hydrogen-bond donors (Lipinski definition) is 3. The van der Waals surface area contributed by atoms with E-state index in [1.807, 2.05) is 0 Å². The molecule has 3 N–H and O–H groups in total. The van der Waals surface area contributed by atoms with Crippen molar-refractivity contribution in [3.05, 3.63) is 0 Å². The molecule has 0 aromatic heterocycles. The maximum absolute atomic E-state index is 10.9. The first-order valence-electron chi connectivity index (χ1n) is 4.84. The monoisotopic (exact) mass is 218 g/mol. The van der Waals surface area contributed by atoms with Gasteiger partial charge in [0, 0.05) is 20.2 Å². The zero-order chi connectivity index (χ0) is 11.5. The van der Waals surface area contributed by atoms with E-state index in [4.69, 9.17) is 5.11 Å². The van der Waals surface area contributed by atoms with Gasteiger partial charge in [-0.2, -0.15) is 0 Å². The highest BCUT2D eigenvalue weighted by Gasteiger charge is 1.99. The van der Waals surface area contributed by atoms with Crippen LogP contribution >= 0.6 is 0 Å². The Balaban J connectivity index is 3.18. The molecule has 0 atom stereocenters. The predicted octanol–water partition coefficient (Wildman–Crippen LogP) is -1.36. The lowest BCUT2D eigenvalue weighted by Crippen LogP contribution is -2.30. The second-order valence-electron chi connectivity index (χ2n) is 3.00. The smallest absolute Gasteiger partial charge is 0.245 e. The molecule has 0 radical (unpaired) electrons. The topological polar surface area (TPSA) is 87.7 Å². The number of rotatable bonds is 8. The van der Waals surface area contributed by atoms with E-state index < -0.39 is 6.61 Å². The highest BCUT2D eigenvalue weighted by atomic mass is 16.5. The molecule has 0 saturated carbocycles. The predicted molar refractivity (Wildman–Crippen MR) is 54.2 cm³/mol. The Morgan fingerprint density at radius 3 is 2.13 bits per heavy atom. The van der Waals surface area contributed by atoms with Crippen LogP contribution in [0.4, 0.5) is 0 Å². The summed E-state index contributed by atoms with van der Waals surface area (Å²) in [6, 6.07) is 0. The summed E-state index contributed by atoms with van der Waals surface area (Å²) in [5.74, 6) is -0.518. The van der Waals surface area contributed by atoms with Crippen molar-refractivity contribution in [3.8, 4) is 0 Å². The molecule has 0 aromatic carbocycles. The van der Waals surface area contributed by atoms with Gasteiger partial charge >= 0.3 is 0 Å². The van der Waals surface area contributed by atoms with Crippen LogP contribution in [-0.4, -0.2) is 50.3 Å². The second-order valence-corrected chi connectivity index (χ2v) is 3.00. The molecular weight excluding hydrogens is 200 g/mol. The molecule has 6 nitrogen and oxygen atoms in total. The van der Waals surface area contributed by atoms with Gasteiger partial charge in [-0.05, 0) is 12.8 Å². The summed E-state index contributed by atoms with van der Waals surface area (Å²) in [5, 5.41) is 13.6. The molecule has 0 unspecified atom stereocenters. The number of hydrogen-bond acceptors (Lipinski definition) is 4. The molecule has 0 fully saturated rings. The van der Waals surface area contributed by atoms with E-state index in [0.717, 1.165) is 12.8 Å². The first-order chi connectivity index (χ1) is 7.20. The van der Waals surface area contributed by atoms with Gasteiger partial charge in [0.1, 0.15) is 13.2 Å². The van der Waals surface area contributed by atoms with E-state index in [-0.39, 0.29) is 18.4 Å². The SMILES string of the molecule is COCC(=O)NCCCCNC(=O)CO. The zero-order valence-corrected chi connectivity index (χ0v) is 8.91. The van der Waals surface area contributed by atoms with Crippen LogP contribution in [0.25, 0.3) is 0 Å². The van der Waals surface area contributed by atoms with E-state index in [1.54, 1.807) is 0 Å². The van der Waals surface area contributed by atoms with Crippen molar-refractivity contribution in [2.75, 3.05) is 33.4 Å². The highest BCUT2D eigenvalue weighted by molar-refractivity contribution is 5.77. The van der Waals surface area contributed by atoms with Crippen LogP contribution in [0.15, 0.2) is 0 Å². The van der Waals surface area contributed by atoms with Gasteiger partial charge in [0.05, 0.1) is 0 Å². The first-order valence-corrected chi connectivity index (χ1v) is 4.84. The van der Waals surface area contributed by atoms with Crippen molar-refractivity contribution in [1.82, 2.24) is 10.6 Å². The molecule has 0 rings (SSSR count). The maximum atomic E-state index is 10.9. The lowest BCUT2D eigenvalue weighted by molar-refractivity contribution is -0.125. The van der Waals surface area contributed by atoms with Crippen LogP contribution < -0.4 is 10.6 Å². The van der Waals surface area contributed by atoms with Gasteiger partial charge in [0.25, 0.3) is 0 Å². The molecule has 6 heteroatoms. The number of ether oxygens (including phenoxy) is 1. The third kappa shape index (κ3) is 9.17. The molecule has 0 aromatic rings. The van der Waals surface area contributed by atoms with Gasteiger partial charge in [0.15, 0.2) is 0 Å². The number of nitrogens with one attached hydrogen (secondary N) is 2. The molecular formula is C9H18N2O4. The first kappa shape index (κ1) is 13.9. The maximum Gasteiger partial charge on any atom is 0.245 e. The largest absolute Gasteiger partial charge is 0.387 e. The van der Waals surface area contributed by atoms with E-state index in [9.17, 15) is 9.59 Å². The second kappa shape index (κ2) is 9.42. The summed E-state index contributed by atoms with van der Waals surface area (Å²) in [6.45, 7) is 0.669. The Morgan fingerprint density at radius 2 is 1.67 bits per heavy atom. The van der Waals surface area contributed by atoms with Crippen LogP contribution in [0.2, 0.25) is 0 Å². The van der Waals surface area contributed by atoms with E-state index in [0.29, 0.717) is 13.1 Å². The van der Waals surface area contributed by atoms with Crippen LogP contribution in [0.5, 0.6) is 0 Å². The highest BCUT2D eigenvalue weighted by Crippen LogP contribution is 1.84. The average Bonchev–Trinajstić information content (AvgIpc) is 2.23. The van der Waals surface area contributed by atoms with Gasteiger partial charge in [-0.15, -0.1) is 0 Å². The van der Waals surface area contributed by atoms with Crippen molar-refractivity contribution in [2.24, 2.45) is 0 Å². The molecule has 2 amide bonds. The lowest BCUT2D eigenvalue weighted by Gasteiger charge is -2.05. The summed E-state index contributed by atoms with van der Waals surface area (Å²) in [7, 11) is 1.46. The summed E-state index contributed by atoms with van der Waals surface area (Å²) >= 11 is 0. The quantitative estimate of drug-likeness (QED) is 0.439. The number of amides is 2. The summed E-state index contributed by atoms with van der Waals surface area (Å²) < 4.78 is 4.63. The van der Waals surface area contributed by atoms with E-state index >= 15 is 0 Å². The fraction of sp³-hybridized carbons (Fsp3) is 0.778. The fourth-order valence-corrected chi connectivity index (χ4v) is 0.944. The number of carbonyl (C=O) groups excluding carboxylic acids is 2. The molecule has 0 aliphatic heterocycles. The Kier molecular flexibility index (Phi) is 8.70. The third-order valence-corrected chi connectivity index (χ3v) is 1.67. The number of aliphatic hydroxyl groups is 1. The molecule has 0 aliphatic carbocycles. The van der Waals surface area contributed by atoms with E-state index in [1.165, 1.54) is 7.11 Å². The number of aliphatic hydroxyl groups excluding tert-OH is 1. The van der Waals surface area contributed by atoms with Crippen LogP contribution in [0.3, 0.4) is 0 Å². The molecule has 88 valence electrons. The van der Waals surface area contributed by atoms with Crippen LogP contribution in [-0.2, 0) is 14.3 Å². The summed E-state index contributed by atoms with van der Waals surface area (Å²) in [5.41, 5.74) is 0. The molecule has 0 bridgehead atoms. The van der Waals surface area contributed by atoms with Gasteiger partial charge in [0.2, 0.25) is 11.8 Å². The molecule has 0 spiro atoms. The number of carbonyl (C=O) groups is 2. The molecule has 0 aliphatic rings. The Morgan fingerprint density at radius 1 is 1.13 bits per heavy atom. The zero-order valence-electron chi connectivity index (χ0n) is 8.91. The summed E-state index contributed by atoms with van der Waals surface area (Å²) in [4.78, 5) is 21.5. The third-order valence-electron chi connectivity index (χ3n) is 1.67. The minimum Gasteiger partial charge on any atom is -0.387 e. The fourth-order valence-electron chi connectivity index (χ4n) is 0.944. The van der Waals surface area contributed by atoms with Gasteiger partial charge in [-0.25, -0.2) is 0 Å². The van der Waals surface area contributed by atoms with E-state index in [2.05, 4.69) is 15.4 Å². The Bertz CT molecular complexity index is 197. The number of methoxy groups -OCH3 is 1. The lowest BCUT2D eigenvalue weighted by atomic mass is 10.3. The summed E-state index contributed by atoms with van der Waals surface area (Å²) in [6.07, 6.45) is 1.54. The molecule has 0 saturated heterocycles. The average molecular weight is 218 g/mol. The van der Waals surface area contributed by atoms with Crippen LogP contribution in [0, 0.1) is 0 Å². The minimum atomic E-state index is -0.482.